The fourth-order valence-electron chi connectivity index (χ4n) is 1.30. The van der Waals surface area contributed by atoms with Gasteiger partial charge in [0, 0.05) is 0 Å². The zero-order chi connectivity index (χ0) is 8.74. The molecule has 0 aromatic rings. The number of rotatable bonds is 6. The van der Waals surface area contributed by atoms with E-state index in [0.717, 1.165) is 19.3 Å². The van der Waals surface area contributed by atoms with Gasteiger partial charge >= 0.3 is 79.0 Å². The van der Waals surface area contributed by atoms with Crippen LogP contribution in [0.3, 0.4) is 0 Å². The van der Waals surface area contributed by atoms with Crippen molar-refractivity contribution >= 4 is 17.7 Å². The summed E-state index contributed by atoms with van der Waals surface area (Å²) in [4.78, 5) is 0. The fourth-order valence-corrected chi connectivity index (χ4v) is 1.30. The maximum absolute atomic E-state index is 3.74. The molecule has 0 saturated heterocycles. The Labute approximate surface area is 79.3 Å². The molecular weight excluding hydrogens is 127 g/mol. The fraction of sp³-hybridized carbons (Fsp3) is 0.400. The van der Waals surface area contributed by atoms with Gasteiger partial charge in [0.05, 0.1) is 0 Å². The third kappa shape index (κ3) is 4.30. The normalized spacial score (nSPS) is 10.7. The molecular formula is C10H15Li. The van der Waals surface area contributed by atoms with Crippen LogP contribution in [0, 0.1) is 0 Å². The van der Waals surface area contributed by atoms with Crippen LogP contribution in [-0.2, 0) is 0 Å². The number of hydrogen-bond acceptors (Lipinski definition) is 0. The summed E-state index contributed by atoms with van der Waals surface area (Å²) in [5.41, 5.74) is 0. The molecule has 0 amide bonds. The van der Waals surface area contributed by atoms with Gasteiger partial charge < -0.3 is 0 Å². The van der Waals surface area contributed by atoms with Crippen LogP contribution in [0.2, 0.25) is 4.09 Å². The van der Waals surface area contributed by atoms with Crippen molar-refractivity contribution in [3.8, 4) is 0 Å². The molecule has 0 aromatic carbocycles. The molecule has 1 heteroatoms. The van der Waals surface area contributed by atoms with Gasteiger partial charge in [0.25, 0.3) is 0 Å². The van der Waals surface area contributed by atoms with Crippen molar-refractivity contribution in [1.82, 2.24) is 0 Å². The van der Waals surface area contributed by atoms with E-state index in [1.165, 1.54) is 0 Å². The van der Waals surface area contributed by atoms with Gasteiger partial charge in [0.2, 0.25) is 0 Å². The monoisotopic (exact) mass is 142 g/mol. The molecule has 11 heavy (non-hydrogen) atoms. The van der Waals surface area contributed by atoms with Crippen molar-refractivity contribution < 1.29 is 0 Å². The Kier molecular flexibility index (Phi) is 5.37. The molecule has 0 N–H and O–H groups in total. The van der Waals surface area contributed by atoms with Crippen LogP contribution in [0.5, 0.6) is 0 Å². The summed E-state index contributed by atoms with van der Waals surface area (Å²) in [7, 11) is 0. The molecule has 0 nitrogen and oxygen atoms in total. The number of hydrogen-bond donors (Lipinski definition) is 0. The van der Waals surface area contributed by atoms with Crippen molar-refractivity contribution in [2.45, 2.75) is 23.4 Å². The number of allylic oxidation sites excluding steroid dienone is 3. The molecule has 0 spiro atoms. The van der Waals surface area contributed by atoms with Crippen LogP contribution in [0.15, 0.2) is 38.0 Å². The molecule has 0 radical (unpaired) electrons. The van der Waals surface area contributed by atoms with Crippen LogP contribution in [0.1, 0.15) is 19.3 Å². The first-order chi connectivity index (χ1) is 5.18. The Morgan fingerprint density at radius 1 is 0.909 bits per heavy atom. The molecule has 0 aromatic heterocycles. The Morgan fingerprint density at radius 2 is 1.18 bits per heavy atom. The average molecular weight is 142 g/mol. The molecule has 0 rings (SSSR count). The second-order valence-corrected chi connectivity index (χ2v) is 3.29. The Bertz CT molecular complexity index is 120. The van der Waals surface area contributed by atoms with Crippen molar-refractivity contribution in [1.29, 1.82) is 0 Å². The summed E-state index contributed by atoms with van der Waals surface area (Å²) in [5.74, 6) is 0. The van der Waals surface area contributed by atoms with Crippen LogP contribution in [0.4, 0.5) is 0 Å². The summed E-state index contributed by atoms with van der Waals surface area (Å²) in [6.07, 6.45) is 8.99. The van der Waals surface area contributed by atoms with E-state index in [1.54, 1.807) is 0 Å². The zero-order valence-corrected chi connectivity index (χ0v) is 7.47. The van der Waals surface area contributed by atoms with Gasteiger partial charge in [0.1, 0.15) is 0 Å². The first-order valence-electron chi connectivity index (χ1n) is 4.01. The minimum atomic E-state index is 0.297. The average Bonchev–Trinajstić information content (AvgIpc) is 1.88. The Morgan fingerprint density at radius 3 is 1.36 bits per heavy atom. The molecule has 0 bridgehead atoms. The van der Waals surface area contributed by atoms with Gasteiger partial charge in [-0.05, 0) is 0 Å². The second-order valence-electron chi connectivity index (χ2n) is 3.29. The summed E-state index contributed by atoms with van der Waals surface area (Å²) < 4.78 is 0.297. The molecule has 0 aliphatic carbocycles. The molecule has 0 saturated carbocycles. The van der Waals surface area contributed by atoms with Crippen molar-refractivity contribution in [3.05, 3.63) is 38.0 Å². The Hall–Kier alpha value is -0.183. The van der Waals surface area contributed by atoms with Crippen LogP contribution in [0.25, 0.3) is 0 Å². The van der Waals surface area contributed by atoms with E-state index in [0.29, 0.717) is 4.09 Å². The predicted octanol–water partition coefficient (Wildman–Crippen LogP) is 3.04. The van der Waals surface area contributed by atoms with E-state index >= 15 is 0 Å². The SMILES string of the molecule is [Li][C](CC=C)(CC=C)CC=C. The summed E-state index contributed by atoms with van der Waals surface area (Å²) in [6, 6.07) is 0. The molecule has 0 aliphatic rings. The first kappa shape index (κ1) is 10.8. The summed E-state index contributed by atoms with van der Waals surface area (Å²) in [5, 5.41) is 0. The summed E-state index contributed by atoms with van der Waals surface area (Å²) >= 11 is 2.23. The van der Waals surface area contributed by atoms with Crippen molar-refractivity contribution in [3.63, 3.8) is 0 Å². The standard InChI is InChI=1S/C10H15.Li/c1-4-7-10(8-5-2)9-6-3;/h4-6H,1-3,7-9H2;. The Balaban J connectivity index is 4.09. The van der Waals surface area contributed by atoms with E-state index < -0.39 is 0 Å². The second kappa shape index (κ2) is 5.47. The van der Waals surface area contributed by atoms with E-state index in [9.17, 15) is 0 Å². The van der Waals surface area contributed by atoms with E-state index in [4.69, 9.17) is 0 Å². The molecule has 0 atom stereocenters. The molecule has 0 fully saturated rings. The molecule has 0 unspecified atom stereocenters. The molecule has 56 valence electrons. The first-order valence-corrected chi connectivity index (χ1v) is 4.01. The molecule has 0 heterocycles. The van der Waals surface area contributed by atoms with Gasteiger partial charge in [-0.25, -0.2) is 0 Å². The van der Waals surface area contributed by atoms with Gasteiger partial charge in [-0.15, -0.1) is 0 Å². The van der Waals surface area contributed by atoms with Crippen LogP contribution >= 0.6 is 0 Å². The van der Waals surface area contributed by atoms with Gasteiger partial charge in [-0.3, -0.25) is 0 Å². The van der Waals surface area contributed by atoms with Gasteiger partial charge in [-0.1, -0.05) is 0 Å². The van der Waals surface area contributed by atoms with Crippen LogP contribution < -0.4 is 0 Å². The quantitative estimate of drug-likeness (QED) is 0.395. The van der Waals surface area contributed by atoms with Crippen molar-refractivity contribution in [2.24, 2.45) is 0 Å². The topological polar surface area (TPSA) is 0 Å². The third-order valence-corrected chi connectivity index (χ3v) is 1.91. The van der Waals surface area contributed by atoms with Gasteiger partial charge in [-0.2, -0.15) is 0 Å². The van der Waals surface area contributed by atoms with Crippen LogP contribution in [-0.4, -0.2) is 17.7 Å². The third-order valence-electron chi connectivity index (χ3n) is 1.91. The predicted molar refractivity (Wildman–Crippen MR) is 52.9 cm³/mol. The zero-order valence-electron chi connectivity index (χ0n) is 7.47. The van der Waals surface area contributed by atoms with E-state index in [1.807, 2.05) is 18.2 Å². The maximum atomic E-state index is 3.74. The molecule has 0 aliphatic heterocycles. The van der Waals surface area contributed by atoms with Crippen molar-refractivity contribution in [2.75, 3.05) is 0 Å². The van der Waals surface area contributed by atoms with E-state index in [2.05, 4.69) is 37.5 Å². The summed E-state index contributed by atoms with van der Waals surface area (Å²) in [6.45, 7) is 11.2. The van der Waals surface area contributed by atoms with Gasteiger partial charge in [0.15, 0.2) is 0 Å². The van der Waals surface area contributed by atoms with E-state index in [-0.39, 0.29) is 0 Å². The minimum absolute atomic E-state index is 0.297.